The topological polar surface area (TPSA) is 97.5 Å². The molecular weight excluding hydrogens is 372 g/mol. The van der Waals surface area contributed by atoms with Crippen LogP contribution >= 0.6 is 23.1 Å². The maximum atomic E-state index is 12.2. The quantitative estimate of drug-likeness (QED) is 0.418. The fourth-order valence-corrected chi connectivity index (χ4v) is 4.11. The van der Waals surface area contributed by atoms with Gasteiger partial charge in [-0.25, -0.2) is 4.98 Å². The summed E-state index contributed by atoms with van der Waals surface area (Å²) in [5.74, 6) is -0.340. The molecule has 0 radical (unpaired) electrons. The zero-order chi connectivity index (χ0) is 18.1. The Balaban J connectivity index is 1.64. The van der Waals surface area contributed by atoms with Crippen LogP contribution < -0.4 is 5.32 Å². The minimum Gasteiger partial charge on any atom is -0.300 e. The zero-order valence-electron chi connectivity index (χ0n) is 13.1. The Bertz CT molecular complexity index is 1070. The Labute approximate surface area is 155 Å². The van der Waals surface area contributed by atoms with Crippen molar-refractivity contribution >= 4 is 61.3 Å². The Kier molecular flexibility index (Phi) is 4.23. The highest BCUT2D eigenvalue weighted by Gasteiger charge is 2.25. The minimum absolute atomic E-state index is 0.0510. The van der Waals surface area contributed by atoms with Crippen LogP contribution in [0.3, 0.4) is 0 Å². The van der Waals surface area contributed by atoms with E-state index in [0.717, 1.165) is 22.0 Å². The number of hydrogen-bond donors (Lipinski definition) is 1. The third-order valence-corrected chi connectivity index (χ3v) is 5.39. The van der Waals surface area contributed by atoms with Gasteiger partial charge in [-0.2, -0.15) is 4.99 Å². The molecule has 1 N–H and O–H groups in total. The number of thioether (sulfide) groups is 1. The third-order valence-electron chi connectivity index (χ3n) is 3.55. The fourth-order valence-electron chi connectivity index (χ4n) is 2.39. The Morgan fingerprint density at radius 3 is 2.73 bits per heavy atom. The van der Waals surface area contributed by atoms with Crippen molar-refractivity contribution in [3.05, 3.63) is 69.1 Å². The van der Waals surface area contributed by atoms with Gasteiger partial charge in [0.1, 0.15) is 0 Å². The molecule has 2 aromatic carbocycles. The van der Waals surface area contributed by atoms with E-state index in [1.54, 1.807) is 18.2 Å². The number of carbonyl (C=O) groups is 1. The van der Waals surface area contributed by atoms with Gasteiger partial charge in [0.15, 0.2) is 5.17 Å². The van der Waals surface area contributed by atoms with Crippen molar-refractivity contribution in [1.82, 2.24) is 10.3 Å². The van der Waals surface area contributed by atoms with E-state index in [0.29, 0.717) is 20.8 Å². The van der Waals surface area contributed by atoms with Crippen LogP contribution in [0.4, 0.5) is 10.8 Å². The Hall–Kier alpha value is -3.04. The van der Waals surface area contributed by atoms with Gasteiger partial charge < -0.3 is 5.32 Å². The van der Waals surface area contributed by atoms with Crippen molar-refractivity contribution in [2.24, 2.45) is 4.99 Å². The van der Waals surface area contributed by atoms with Gasteiger partial charge in [-0.15, -0.1) is 0 Å². The van der Waals surface area contributed by atoms with E-state index in [4.69, 9.17) is 0 Å². The number of nitro groups is 1. The molecule has 3 aromatic rings. The first-order valence-electron chi connectivity index (χ1n) is 7.49. The van der Waals surface area contributed by atoms with E-state index in [1.165, 1.54) is 23.5 Å². The highest BCUT2D eigenvalue weighted by Crippen LogP contribution is 2.33. The summed E-state index contributed by atoms with van der Waals surface area (Å²) in [5.41, 5.74) is 1.17. The number of rotatable bonds is 3. The molecule has 0 bridgehead atoms. The highest BCUT2D eigenvalue weighted by atomic mass is 32.2. The maximum Gasteiger partial charge on any atom is 0.276 e. The molecule has 1 aromatic heterocycles. The average Bonchev–Trinajstić information content (AvgIpc) is 3.18. The van der Waals surface area contributed by atoms with Crippen molar-refractivity contribution in [3.8, 4) is 0 Å². The summed E-state index contributed by atoms with van der Waals surface area (Å²) in [4.78, 5) is 31.9. The summed E-state index contributed by atoms with van der Waals surface area (Å²) in [5, 5.41) is 14.7. The minimum atomic E-state index is -0.472. The second-order valence-corrected chi connectivity index (χ2v) is 7.30. The number of carbonyl (C=O) groups excluding carboxylic acids is 1. The van der Waals surface area contributed by atoms with E-state index in [2.05, 4.69) is 15.3 Å². The molecule has 1 aliphatic heterocycles. The molecule has 0 unspecified atom stereocenters. The van der Waals surface area contributed by atoms with Crippen LogP contribution in [0.2, 0.25) is 0 Å². The number of nitrogens with one attached hydrogen (secondary N) is 1. The molecule has 7 nitrogen and oxygen atoms in total. The van der Waals surface area contributed by atoms with Crippen molar-refractivity contribution in [3.63, 3.8) is 0 Å². The third kappa shape index (κ3) is 3.22. The lowest BCUT2D eigenvalue weighted by molar-refractivity contribution is -0.385. The molecule has 9 heteroatoms. The summed E-state index contributed by atoms with van der Waals surface area (Å²) in [6.07, 6.45) is 1.50. The molecule has 1 fully saturated rings. The SMILES string of the molecule is O=C1NC(=Nc2nc3ccccc3s2)S/C1=C\c1ccccc1[N+](=O)[O-]. The van der Waals surface area contributed by atoms with Crippen LogP contribution in [0.25, 0.3) is 16.3 Å². The summed E-state index contributed by atoms with van der Waals surface area (Å²) < 4.78 is 1.01. The standard InChI is InChI=1S/C17H10N4O3S2/c22-15-14(9-10-5-1-3-7-12(10)21(23)24)26-17(19-15)20-16-18-11-6-2-4-8-13(11)25-16/h1-9H,(H,18,19,20,22)/b14-9-. The largest absolute Gasteiger partial charge is 0.300 e. The van der Waals surface area contributed by atoms with Gasteiger partial charge in [0.2, 0.25) is 5.13 Å². The number of amides is 1. The van der Waals surface area contributed by atoms with Gasteiger partial charge in [0.05, 0.1) is 25.6 Å². The number of benzene rings is 2. The number of aromatic nitrogens is 1. The summed E-state index contributed by atoms with van der Waals surface area (Å²) in [6.45, 7) is 0. The van der Waals surface area contributed by atoms with E-state index in [1.807, 2.05) is 24.3 Å². The number of thiazole rings is 1. The van der Waals surface area contributed by atoms with Crippen molar-refractivity contribution < 1.29 is 9.72 Å². The lowest BCUT2D eigenvalue weighted by atomic mass is 10.1. The van der Waals surface area contributed by atoms with Crippen LogP contribution in [0.15, 0.2) is 58.4 Å². The molecule has 1 amide bonds. The lowest BCUT2D eigenvalue weighted by Crippen LogP contribution is -2.19. The molecule has 1 aliphatic rings. The van der Waals surface area contributed by atoms with Crippen LogP contribution in [0.5, 0.6) is 0 Å². The molecule has 0 saturated carbocycles. The Morgan fingerprint density at radius 2 is 1.92 bits per heavy atom. The van der Waals surface area contributed by atoms with Gasteiger partial charge >= 0.3 is 0 Å². The number of nitro benzene ring substituents is 1. The summed E-state index contributed by atoms with van der Waals surface area (Å²) in [6, 6.07) is 14.0. The molecule has 0 aliphatic carbocycles. The molecule has 128 valence electrons. The van der Waals surface area contributed by atoms with Crippen LogP contribution in [0, 0.1) is 10.1 Å². The first-order chi connectivity index (χ1) is 12.6. The summed E-state index contributed by atoms with van der Waals surface area (Å²) in [7, 11) is 0. The first kappa shape index (κ1) is 16.4. The number of amidine groups is 1. The number of nitrogens with zero attached hydrogens (tertiary/aromatic N) is 3. The maximum absolute atomic E-state index is 12.2. The van der Waals surface area contributed by atoms with Crippen LogP contribution in [0.1, 0.15) is 5.56 Å². The monoisotopic (exact) mass is 382 g/mol. The normalized spacial score (nSPS) is 17.2. The number of fused-ring (bicyclic) bond motifs is 1. The molecule has 4 rings (SSSR count). The Morgan fingerprint density at radius 1 is 1.15 bits per heavy atom. The molecular formula is C17H10N4O3S2. The van der Waals surface area contributed by atoms with Crippen molar-refractivity contribution in [2.75, 3.05) is 0 Å². The molecule has 0 spiro atoms. The lowest BCUT2D eigenvalue weighted by Gasteiger charge is -1.97. The van der Waals surface area contributed by atoms with Crippen LogP contribution in [-0.2, 0) is 4.79 Å². The van der Waals surface area contributed by atoms with Crippen molar-refractivity contribution in [2.45, 2.75) is 0 Å². The van der Waals surface area contributed by atoms with Crippen LogP contribution in [-0.4, -0.2) is 21.0 Å². The molecule has 26 heavy (non-hydrogen) atoms. The van der Waals surface area contributed by atoms with Gasteiger partial charge in [-0.05, 0) is 36.0 Å². The van der Waals surface area contributed by atoms with E-state index < -0.39 is 4.92 Å². The first-order valence-corrected chi connectivity index (χ1v) is 9.12. The van der Waals surface area contributed by atoms with Gasteiger partial charge in [-0.1, -0.05) is 35.6 Å². The molecule has 0 atom stereocenters. The molecule has 1 saturated heterocycles. The predicted molar refractivity (Wildman–Crippen MR) is 104 cm³/mol. The van der Waals surface area contributed by atoms with Gasteiger partial charge in [0, 0.05) is 6.07 Å². The van der Waals surface area contributed by atoms with E-state index >= 15 is 0 Å². The van der Waals surface area contributed by atoms with Crippen molar-refractivity contribution in [1.29, 1.82) is 0 Å². The second-order valence-electron chi connectivity index (χ2n) is 5.26. The number of hydrogen-bond acceptors (Lipinski definition) is 7. The fraction of sp³-hybridized carbons (Fsp3) is 0. The zero-order valence-corrected chi connectivity index (χ0v) is 14.7. The van der Waals surface area contributed by atoms with Gasteiger partial charge in [0.25, 0.3) is 11.6 Å². The summed E-state index contributed by atoms with van der Waals surface area (Å²) >= 11 is 2.56. The smallest absolute Gasteiger partial charge is 0.276 e. The second kappa shape index (κ2) is 6.70. The van der Waals surface area contributed by atoms with E-state index in [-0.39, 0.29) is 11.6 Å². The number of aliphatic imine (C=N–C) groups is 1. The highest BCUT2D eigenvalue weighted by molar-refractivity contribution is 8.18. The van der Waals surface area contributed by atoms with E-state index in [9.17, 15) is 14.9 Å². The average molecular weight is 382 g/mol. The predicted octanol–water partition coefficient (Wildman–Crippen LogP) is 4.10. The number of para-hydroxylation sites is 2. The molecule has 2 heterocycles. The van der Waals surface area contributed by atoms with Gasteiger partial charge in [-0.3, -0.25) is 14.9 Å².